The van der Waals surface area contributed by atoms with Gasteiger partial charge in [0.25, 0.3) is 0 Å². The van der Waals surface area contributed by atoms with E-state index < -0.39 is 23.3 Å². The molecule has 0 spiro atoms. The molecule has 4 aliphatic rings. The third-order valence-electron chi connectivity index (χ3n) is 9.45. The molecule has 4 aliphatic heterocycles. The van der Waals surface area contributed by atoms with E-state index in [1.165, 1.54) is 18.9 Å². The fourth-order valence-corrected chi connectivity index (χ4v) is 6.56. The van der Waals surface area contributed by atoms with Gasteiger partial charge in [0.05, 0.1) is 23.8 Å². The second kappa shape index (κ2) is 12.7. The van der Waals surface area contributed by atoms with Crippen LogP contribution in [0.4, 0.5) is 0 Å². The molecule has 1 aromatic heterocycles. The van der Waals surface area contributed by atoms with Gasteiger partial charge in [0, 0.05) is 37.2 Å². The first-order valence-corrected chi connectivity index (χ1v) is 16.6. The molecule has 1 saturated heterocycles. The van der Waals surface area contributed by atoms with E-state index in [9.17, 15) is 14.7 Å². The van der Waals surface area contributed by atoms with Crippen LogP contribution in [0, 0.1) is 6.92 Å². The van der Waals surface area contributed by atoms with Crippen LogP contribution >= 0.6 is 0 Å². The second-order valence-electron chi connectivity index (χ2n) is 13.6. The number of rotatable bonds is 11. The van der Waals surface area contributed by atoms with Gasteiger partial charge in [-0.25, -0.2) is 4.79 Å². The number of fused-ring (bicyclic) bond motifs is 2. The lowest BCUT2D eigenvalue weighted by molar-refractivity contribution is -0.167. The summed E-state index contributed by atoms with van der Waals surface area (Å²) in [6, 6.07) is 2.89. The Morgan fingerprint density at radius 3 is 2.81 bits per heavy atom. The zero-order valence-electron chi connectivity index (χ0n) is 27.8. The number of hydrogen-bond acceptors (Lipinski definition) is 11. The number of esters is 1. The molecule has 0 saturated carbocycles. The van der Waals surface area contributed by atoms with Crippen molar-refractivity contribution < 1.29 is 28.5 Å². The number of carbonyl (C=O) groups excluding carboxylic acids is 1. The van der Waals surface area contributed by atoms with Crippen molar-refractivity contribution in [1.82, 2.24) is 16.0 Å². The Balaban J connectivity index is 1.08. The molecule has 0 amide bonds. The van der Waals surface area contributed by atoms with Crippen molar-refractivity contribution >= 4 is 16.9 Å². The van der Waals surface area contributed by atoms with Gasteiger partial charge in [-0.05, 0) is 70.3 Å². The number of ether oxygens (including phenoxy) is 3. The molecule has 1 aromatic carbocycles. The summed E-state index contributed by atoms with van der Waals surface area (Å²) in [6.45, 7) is 10.9. The number of unbranched alkanes of at least 4 members (excludes halogenated alkanes) is 2. The number of carbonyl (C=O) groups is 1. The molecule has 0 aliphatic carbocycles. The summed E-state index contributed by atoms with van der Waals surface area (Å²) in [7, 11) is 0. The Hall–Kier alpha value is -4.38. The van der Waals surface area contributed by atoms with Crippen LogP contribution in [0.1, 0.15) is 71.1 Å². The van der Waals surface area contributed by atoms with Gasteiger partial charge in [-0.15, -0.1) is 0 Å². The number of aryl methyl sites for hydroxylation is 1. The highest BCUT2D eigenvalue weighted by Gasteiger charge is 2.60. The van der Waals surface area contributed by atoms with E-state index in [4.69, 9.17) is 24.4 Å². The van der Waals surface area contributed by atoms with Gasteiger partial charge in [-0.1, -0.05) is 31.9 Å². The predicted molar refractivity (Wildman–Crippen MR) is 179 cm³/mol. The van der Waals surface area contributed by atoms with Crippen LogP contribution < -0.4 is 31.8 Å². The number of epoxide rings is 1. The zero-order valence-corrected chi connectivity index (χ0v) is 27.8. The Kier molecular flexibility index (Phi) is 8.78. The summed E-state index contributed by atoms with van der Waals surface area (Å²) < 4.78 is 23.8. The van der Waals surface area contributed by atoms with Crippen molar-refractivity contribution in [3.63, 3.8) is 0 Å². The first-order valence-electron chi connectivity index (χ1n) is 16.6. The number of hydrogen-bond donors (Lipinski definition) is 5. The lowest BCUT2D eigenvalue weighted by Crippen LogP contribution is -2.50. The van der Waals surface area contributed by atoms with Crippen LogP contribution in [0.15, 0.2) is 68.4 Å². The quantitative estimate of drug-likeness (QED) is 0.135. The van der Waals surface area contributed by atoms with Crippen LogP contribution in [0.3, 0.4) is 0 Å². The molecule has 1 fully saturated rings. The first-order chi connectivity index (χ1) is 22.4. The van der Waals surface area contributed by atoms with E-state index in [0.717, 1.165) is 36.5 Å². The van der Waals surface area contributed by atoms with Crippen molar-refractivity contribution in [2.75, 3.05) is 13.1 Å². The van der Waals surface area contributed by atoms with E-state index in [1.807, 2.05) is 19.9 Å². The second-order valence-corrected chi connectivity index (χ2v) is 13.6. The average molecular weight is 647 g/mol. The van der Waals surface area contributed by atoms with Gasteiger partial charge < -0.3 is 45.4 Å². The molecule has 6 rings (SSSR count). The maximum Gasteiger partial charge on any atom is 0.341 e. The Morgan fingerprint density at radius 2 is 2.02 bits per heavy atom. The summed E-state index contributed by atoms with van der Waals surface area (Å²) in [5, 5.41) is 21.4. The molecule has 47 heavy (non-hydrogen) atoms. The summed E-state index contributed by atoms with van der Waals surface area (Å²) in [4.78, 5) is 26.1. The number of phenolic OH excluding ortho intramolecular Hbond substituents is 1. The number of dihydropyridines is 2. The van der Waals surface area contributed by atoms with Crippen molar-refractivity contribution in [2.24, 2.45) is 5.73 Å². The summed E-state index contributed by atoms with van der Waals surface area (Å²) >= 11 is 0. The molecule has 6 N–H and O–H groups in total. The van der Waals surface area contributed by atoms with E-state index >= 15 is 0 Å². The lowest BCUT2D eigenvalue weighted by atomic mass is 9.89. The Labute approximate surface area is 274 Å². The summed E-state index contributed by atoms with van der Waals surface area (Å²) in [5.74, 6) is 1.74. The number of allylic oxidation sites excluding steroid dienone is 2. The van der Waals surface area contributed by atoms with Crippen LogP contribution in [0.2, 0.25) is 0 Å². The SMILES string of the molecule is CCCCCNC1=CC(C2C=C(CCC3OC3(C)C(=O)OC3Cc4c(cc5oc(C)cc(=O)c5c4O)OC3(C)C)C=C(N)N2)=CCN1. The number of benzene rings is 1. The molecule has 11 nitrogen and oxygen atoms in total. The number of aromatic hydroxyl groups is 1. The van der Waals surface area contributed by atoms with Gasteiger partial charge in [0.15, 0.2) is 11.0 Å². The van der Waals surface area contributed by atoms with E-state index in [-0.39, 0.29) is 40.7 Å². The smallest absolute Gasteiger partial charge is 0.341 e. The van der Waals surface area contributed by atoms with Gasteiger partial charge in [-0.2, -0.15) is 0 Å². The maximum atomic E-state index is 13.5. The van der Waals surface area contributed by atoms with E-state index in [0.29, 0.717) is 35.7 Å². The van der Waals surface area contributed by atoms with Crippen LogP contribution in [-0.2, 0) is 20.7 Å². The standard InChI is InChI=1S/C36H46N4O7/c1-6-7-8-12-38-31-17-22(11-13-39-31)24-15-21(16-30(37)40-24)9-10-28-36(5,47-28)34(43)45-29-18-23-26(46-35(29,3)4)19-27-32(33(23)42)25(41)14-20(2)44-27/h11,14-17,19,24,28-29,38-40,42H,6-10,12-13,18,37H2,1-5H3. The highest BCUT2D eigenvalue weighted by atomic mass is 16.7. The summed E-state index contributed by atoms with van der Waals surface area (Å²) in [6.07, 6.45) is 12.3. The third-order valence-corrected chi connectivity index (χ3v) is 9.45. The Bertz CT molecular complexity index is 1750. The molecular formula is C36H46N4O7. The van der Waals surface area contributed by atoms with Crippen molar-refractivity contribution in [1.29, 1.82) is 0 Å². The molecule has 2 aromatic rings. The number of phenols is 1. The van der Waals surface area contributed by atoms with Crippen molar-refractivity contribution in [2.45, 2.75) is 103 Å². The third kappa shape index (κ3) is 6.72. The minimum Gasteiger partial charge on any atom is -0.507 e. The van der Waals surface area contributed by atoms with Crippen molar-refractivity contribution in [3.05, 3.63) is 80.8 Å². The topological polar surface area (TPSA) is 161 Å². The monoisotopic (exact) mass is 646 g/mol. The lowest BCUT2D eigenvalue weighted by Gasteiger charge is -2.39. The first kappa shape index (κ1) is 32.6. The summed E-state index contributed by atoms with van der Waals surface area (Å²) in [5.41, 5.74) is 6.79. The average Bonchev–Trinajstić information content (AvgIpc) is 3.69. The van der Waals surface area contributed by atoms with Crippen LogP contribution in [0.25, 0.3) is 11.0 Å². The van der Waals surface area contributed by atoms with E-state index in [1.54, 1.807) is 19.9 Å². The molecule has 0 bridgehead atoms. The zero-order chi connectivity index (χ0) is 33.5. The Morgan fingerprint density at radius 1 is 1.21 bits per heavy atom. The molecule has 5 heterocycles. The molecule has 0 radical (unpaired) electrons. The normalized spacial score (nSPS) is 25.9. The van der Waals surface area contributed by atoms with Crippen LogP contribution in [-0.4, -0.2) is 53.6 Å². The highest BCUT2D eigenvalue weighted by Crippen LogP contribution is 2.45. The van der Waals surface area contributed by atoms with Crippen LogP contribution in [0.5, 0.6) is 11.5 Å². The minimum absolute atomic E-state index is 0.0543. The molecular weight excluding hydrogens is 600 g/mol. The predicted octanol–water partition coefficient (Wildman–Crippen LogP) is 4.22. The van der Waals surface area contributed by atoms with E-state index in [2.05, 4.69) is 41.1 Å². The molecule has 11 heteroatoms. The fraction of sp³-hybridized carbons (Fsp3) is 0.500. The minimum atomic E-state index is -1.10. The van der Waals surface area contributed by atoms with Crippen molar-refractivity contribution in [3.8, 4) is 11.5 Å². The van der Waals surface area contributed by atoms with Gasteiger partial charge in [0.1, 0.15) is 39.9 Å². The fourth-order valence-electron chi connectivity index (χ4n) is 6.56. The largest absolute Gasteiger partial charge is 0.507 e. The van der Waals surface area contributed by atoms with Gasteiger partial charge in [-0.3, -0.25) is 4.79 Å². The van der Waals surface area contributed by atoms with Gasteiger partial charge >= 0.3 is 5.97 Å². The molecule has 252 valence electrons. The highest BCUT2D eigenvalue weighted by molar-refractivity contribution is 5.87. The van der Waals surface area contributed by atoms with Gasteiger partial charge in [0.2, 0.25) is 0 Å². The maximum absolute atomic E-state index is 13.5. The number of nitrogens with one attached hydrogen (secondary N) is 3. The molecule has 4 atom stereocenters. The molecule has 4 unspecified atom stereocenters. The number of nitrogens with two attached hydrogens (primary N) is 1.